The van der Waals surface area contributed by atoms with Gasteiger partial charge in [-0.3, -0.25) is 14.5 Å². The van der Waals surface area contributed by atoms with E-state index in [-0.39, 0.29) is 11.9 Å². The molecule has 0 aromatic carbocycles. The van der Waals surface area contributed by atoms with Gasteiger partial charge in [0.25, 0.3) is 0 Å². The van der Waals surface area contributed by atoms with Crippen molar-refractivity contribution in [3.05, 3.63) is 0 Å². The number of carbonyl (C=O) groups excluding carboxylic acids is 1. The summed E-state index contributed by atoms with van der Waals surface area (Å²) in [6.45, 7) is 5.04. The van der Waals surface area contributed by atoms with E-state index in [1.807, 2.05) is 18.7 Å². The van der Waals surface area contributed by atoms with Crippen LogP contribution >= 0.6 is 0 Å². The number of carbonyl (C=O) groups is 2. The molecule has 0 aromatic rings. The van der Waals surface area contributed by atoms with Crippen molar-refractivity contribution in [1.29, 1.82) is 0 Å². The van der Waals surface area contributed by atoms with Crippen molar-refractivity contribution >= 4 is 11.9 Å². The monoisotopic (exact) mass is 228 g/mol. The lowest BCUT2D eigenvalue weighted by molar-refractivity contribution is -0.147. The Hall–Kier alpha value is -1.10. The molecule has 1 saturated heterocycles. The number of nitrogens with one attached hydrogen (secondary N) is 1. The van der Waals surface area contributed by atoms with Crippen LogP contribution in [0.4, 0.5) is 0 Å². The van der Waals surface area contributed by atoms with Crippen molar-refractivity contribution in [2.24, 2.45) is 0 Å². The smallest absolute Gasteiger partial charge is 0.320 e. The van der Waals surface area contributed by atoms with Gasteiger partial charge in [-0.25, -0.2) is 0 Å². The van der Waals surface area contributed by atoms with E-state index in [1.54, 1.807) is 0 Å². The van der Waals surface area contributed by atoms with Crippen molar-refractivity contribution in [1.82, 2.24) is 10.2 Å². The van der Waals surface area contributed by atoms with Gasteiger partial charge in [-0.1, -0.05) is 20.3 Å². The zero-order valence-electron chi connectivity index (χ0n) is 9.90. The van der Waals surface area contributed by atoms with Crippen LogP contribution in [0.15, 0.2) is 0 Å². The van der Waals surface area contributed by atoms with Crippen molar-refractivity contribution in [3.63, 3.8) is 0 Å². The van der Waals surface area contributed by atoms with Gasteiger partial charge in [0.15, 0.2) is 0 Å². The molecule has 92 valence electrons. The number of nitrogens with zero attached hydrogens (tertiary/aromatic N) is 1. The fraction of sp³-hybridized carbons (Fsp3) is 0.818. The molecule has 0 spiro atoms. The third-order valence-corrected chi connectivity index (χ3v) is 3.01. The van der Waals surface area contributed by atoms with Gasteiger partial charge in [-0.2, -0.15) is 0 Å². The zero-order chi connectivity index (χ0) is 12.1. The highest BCUT2D eigenvalue weighted by Crippen LogP contribution is 2.16. The molecule has 1 aliphatic rings. The summed E-state index contributed by atoms with van der Waals surface area (Å²) in [6.07, 6.45) is 2.06. The molecule has 0 bridgehead atoms. The lowest BCUT2D eigenvalue weighted by atomic mass is 10.0. The van der Waals surface area contributed by atoms with Gasteiger partial charge in [-0.05, 0) is 12.8 Å². The van der Waals surface area contributed by atoms with Crippen LogP contribution in [0.2, 0.25) is 0 Å². The average molecular weight is 228 g/mol. The third kappa shape index (κ3) is 2.72. The van der Waals surface area contributed by atoms with E-state index in [2.05, 4.69) is 5.32 Å². The maximum Gasteiger partial charge on any atom is 0.320 e. The minimum Gasteiger partial charge on any atom is -0.480 e. The summed E-state index contributed by atoms with van der Waals surface area (Å²) in [4.78, 5) is 24.6. The topological polar surface area (TPSA) is 69.6 Å². The zero-order valence-corrected chi connectivity index (χ0v) is 9.90. The summed E-state index contributed by atoms with van der Waals surface area (Å²) in [6, 6.07) is -0.817. The molecule has 1 aliphatic heterocycles. The van der Waals surface area contributed by atoms with E-state index in [0.717, 1.165) is 6.42 Å². The van der Waals surface area contributed by atoms with Gasteiger partial charge in [-0.15, -0.1) is 0 Å². The summed E-state index contributed by atoms with van der Waals surface area (Å²) in [7, 11) is 0. The van der Waals surface area contributed by atoms with Crippen molar-refractivity contribution in [2.45, 2.75) is 45.2 Å². The van der Waals surface area contributed by atoms with Crippen LogP contribution in [0.1, 0.15) is 33.1 Å². The lowest BCUT2D eigenvalue weighted by Crippen LogP contribution is -2.59. The number of piperazine rings is 1. The highest BCUT2D eigenvalue weighted by atomic mass is 16.4. The molecule has 16 heavy (non-hydrogen) atoms. The molecule has 1 heterocycles. The number of carboxylic acids is 1. The standard InChI is InChI=1S/C11H20N2O3/c1-3-5-9(11(15)16)13-7-6-12-10(14)8(13)4-2/h8-9H,3-7H2,1-2H3,(H,12,14)(H,15,16). The second-order valence-corrected chi connectivity index (χ2v) is 4.10. The molecule has 0 saturated carbocycles. The van der Waals surface area contributed by atoms with Crippen LogP contribution < -0.4 is 5.32 Å². The third-order valence-electron chi connectivity index (χ3n) is 3.01. The van der Waals surface area contributed by atoms with Gasteiger partial charge in [0.1, 0.15) is 6.04 Å². The quantitative estimate of drug-likeness (QED) is 0.717. The molecule has 2 N–H and O–H groups in total. The predicted molar refractivity (Wildman–Crippen MR) is 60.1 cm³/mol. The first-order chi connectivity index (χ1) is 7.61. The Labute approximate surface area is 95.8 Å². The first-order valence-electron chi connectivity index (χ1n) is 5.88. The fourth-order valence-corrected chi connectivity index (χ4v) is 2.23. The molecule has 0 aliphatic carbocycles. The maximum absolute atomic E-state index is 11.6. The molecular formula is C11H20N2O3. The molecule has 5 nitrogen and oxygen atoms in total. The van der Waals surface area contributed by atoms with E-state index >= 15 is 0 Å². The minimum atomic E-state index is -0.824. The largest absolute Gasteiger partial charge is 0.480 e. The summed E-state index contributed by atoms with van der Waals surface area (Å²) in [5, 5.41) is 12.0. The number of amides is 1. The second kappa shape index (κ2) is 5.84. The molecule has 5 heteroatoms. The summed E-state index contributed by atoms with van der Waals surface area (Å²) < 4.78 is 0. The minimum absolute atomic E-state index is 0.0453. The molecule has 1 amide bonds. The summed E-state index contributed by atoms with van der Waals surface area (Å²) >= 11 is 0. The van der Waals surface area contributed by atoms with Gasteiger partial charge in [0.2, 0.25) is 5.91 Å². The Kier molecular flexibility index (Phi) is 4.73. The summed E-state index contributed by atoms with van der Waals surface area (Å²) in [5.74, 6) is -0.869. The van der Waals surface area contributed by atoms with Crippen molar-refractivity contribution < 1.29 is 14.7 Å². The van der Waals surface area contributed by atoms with Crippen LogP contribution in [-0.2, 0) is 9.59 Å². The van der Waals surface area contributed by atoms with Crippen LogP contribution in [0.5, 0.6) is 0 Å². The number of hydrogen-bond acceptors (Lipinski definition) is 3. The Morgan fingerprint density at radius 2 is 2.31 bits per heavy atom. The van der Waals surface area contributed by atoms with Crippen LogP contribution in [0.25, 0.3) is 0 Å². The molecular weight excluding hydrogens is 208 g/mol. The van der Waals surface area contributed by atoms with E-state index < -0.39 is 12.0 Å². The van der Waals surface area contributed by atoms with Gasteiger partial charge >= 0.3 is 5.97 Å². The normalized spacial score (nSPS) is 23.9. The van der Waals surface area contributed by atoms with E-state index in [4.69, 9.17) is 0 Å². The average Bonchev–Trinajstić information content (AvgIpc) is 2.25. The molecule has 2 atom stereocenters. The van der Waals surface area contributed by atoms with E-state index in [1.165, 1.54) is 0 Å². The van der Waals surface area contributed by atoms with E-state index in [9.17, 15) is 14.7 Å². The van der Waals surface area contributed by atoms with Crippen LogP contribution in [0.3, 0.4) is 0 Å². The van der Waals surface area contributed by atoms with Crippen molar-refractivity contribution in [2.75, 3.05) is 13.1 Å². The molecule has 1 rings (SSSR count). The predicted octanol–water partition coefficient (Wildman–Crippen LogP) is 0.450. The van der Waals surface area contributed by atoms with E-state index in [0.29, 0.717) is 25.9 Å². The Morgan fingerprint density at radius 1 is 1.62 bits per heavy atom. The Bertz CT molecular complexity index is 268. The van der Waals surface area contributed by atoms with Gasteiger partial charge in [0.05, 0.1) is 6.04 Å². The Balaban J connectivity index is 2.80. The number of aliphatic carboxylic acids is 1. The van der Waals surface area contributed by atoms with Crippen LogP contribution in [-0.4, -0.2) is 47.1 Å². The highest BCUT2D eigenvalue weighted by molar-refractivity contribution is 5.83. The first kappa shape index (κ1) is 13.0. The molecule has 0 radical (unpaired) electrons. The second-order valence-electron chi connectivity index (χ2n) is 4.10. The van der Waals surface area contributed by atoms with Gasteiger partial charge in [0, 0.05) is 13.1 Å². The number of carboxylic acid groups (broad SMARTS) is 1. The SMILES string of the molecule is CCCC(C(=O)O)N1CCNC(=O)C1CC. The molecule has 2 unspecified atom stereocenters. The lowest BCUT2D eigenvalue weighted by Gasteiger charge is -2.38. The number of rotatable bonds is 5. The molecule has 1 fully saturated rings. The fourth-order valence-electron chi connectivity index (χ4n) is 2.23. The van der Waals surface area contributed by atoms with Gasteiger partial charge < -0.3 is 10.4 Å². The summed E-state index contributed by atoms with van der Waals surface area (Å²) in [5.41, 5.74) is 0. The highest BCUT2D eigenvalue weighted by Gasteiger charge is 2.35. The Morgan fingerprint density at radius 3 is 2.81 bits per heavy atom. The maximum atomic E-state index is 11.6. The first-order valence-corrected chi connectivity index (χ1v) is 5.88. The van der Waals surface area contributed by atoms with Crippen molar-refractivity contribution in [3.8, 4) is 0 Å². The molecule has 0 aromatic heterocycles. The number of hydrogen-bond donors (Lipinski definition) is 2. The van der Waals surface area contributed by atoms with Crippen LogP contribution in [0, 0.1) is 0 Å².